The number of hydrogen-bond donors (Lipinski definition) is 0. The van der Waals surface area contributed by atoms with Crippen molar-refractivity contribution in [3.63, 3.8) is 0 Å². The molecule has 0 N–H and O–H groups in total. The van der Waals surface area contributed by atoms with Gasteiger partial charge < -0.3 is 18.9 Å². The predicted octanol–water partition coefficient (Wildman–Crippen LogP) is 0.585. The average molecular weight is 260 g/mol. The monoisotopic (exact) mass is 260 g/mol. The van der Waals surface area contributed by atoms with Crippen molar-refractivity contribution in [1.29, 1.82) is 0 Å². The number of terminal acetylenes is 3. The molecule has 1 aliphatic heterocycles. The van der Waals surface area contributed by atoms with Crippen LogP contribution in [0.5, 0.6) is 0 Å². The lowest BCUT2D eigenvalue weighted by Crippen LogP contribution is -2.41. The molecule has 0 bridgehead atoms. The van der Waals surface area contributed by atoms with E-state index in [0.717, 1.165) is 0 Å². The fourth-order valence-electron chi connectivity index (χ4n) is 1.52. The minimum Gasteiger partial charge on any atom is -0.366 e. The van der Waals surface area contributed by atoms with Crippen LogP contribution in [0.3, 0.4) is 0 Å². The first kappa shape index (κ1) is 15.3. The molecular weight excluding hydrogens is 244 g/mol. The van der Waals surface area contributed by atoms with Crippen LogP contribution in [0.15, 0.2) is 12.2 Å². The highest BCUT2D eigenvalue weighted by Crippen LogP contribution is 2.17. The van der Waals surface area contributed by atoms with E-state index in [0.29, 0.717) is 6.61 Å². The Bertz CT molecular complexity index is 407. The second kappa shape index (κ2) is 9.22. The van der Waals surface area contributed by atoms with E-state index in [9.17, 15) is 0 Å². The molecule has 100 valence electrons. The third-order valence-corrected chi connectivity index (χ3v) is 2.29. The van der Waals surface area contributed by atoms with E-state index in [-0.39, 0.29) is 32.0 Å². The molecule has 0 aliphatic carbocycles. The highest BCUT2D eigenvalue weighted by molar-refractivity contribution is 5.02. The molecule has 1 heterocycles. The summed E-state index contributed by atoms with van der Waals surface area (Å²) in [6.45, 7) is 0.865. The summed E-state index contributed by atoms with van der Waals surface area (Å²) in [5.74, 6) is 7.17. The van der Waals surface area contributed by atoms with Gasteiger partial charge in [-0.15, -0.1) is 19.3 Å². The van der Waals surface area contributed by atoms with E-state index < -0.39 is 6.29 Å². The Morgan fingerprint density at radius 1 is 0.947 bits per heavy atom. The zero-order valence-electron chi connectivity index (χ0n) is 10.6. The molecule has 4 heteroatoms. The molecule has 1 aliphatic rings. The lowest BCUT2D eigenvalue weighted by molar-refractivity contribution is -0.184. The second-order valence-electron chi connectivity index (χ2n) is 3.64. The molecule has 0 aromatic heterocycles. The van der Waals surface area contributed by atoms with Gasteiger partial charge in [0.25, 0.3) is 0 Å². The average Bonchev–Trinajstić information content (AvgIpc) is 2.44. The van der Waals surface area contributed by atoms with Gasteiger partial charge in [0.2, 0.25) is 0 Å². The van der Waals surface area contributed by atoms with Gasteiger partial charge in [-0.25, -0.2) is 0 Å². The first-order valence-corrected chi connectivity index (χ1v) is 5.77. The number of rotatable bonds is 7. The molecule has 19 heavy (non-hydrogen) atoms. The van der Waals surface area contributed by atoms with Crippen LogP contribution in [0.25, 0.3) is 0 Å². The molecule has 0 amide bonds. The molecular formula is C15H16O4. The Balaban J connectivity index is 2.54. The van der Waals surface area contributed by atoms with Crippen LogP contribution in [0, 0.1) is 37.0 Å². The van der Waals surface area contributed by atoms with E-state index in [1.807, 2.05) is 6.08 Å². The smallest absolute Gasteiger partial charge is 0.178 e. The number of hydrogen-bond acceptors (Lipinski definition) is 4. The maximum Gasteiger partial charge on any atom is 0.178 e. The maximum absolute atomic E-state index is 5.65. The van der Waals surface area contributed by atoms with Crippen molar-refractivity contribution in [3.8, 4) is 37.0 Å². The molecule has 3 atom stereocenters. The van der Waals surface area contributed by atoms with Crippen molar-refractivity contribution in [2.75, 3.05) is 26.4 Å². The van der Waals surface area contributed by atoms with E-state index in [2.05, 4.69) is 17.8 Å². The molecule has 0 radical (unpaired) electrons. The van der Waals surface area contributed by atoms with Gasteiger partial charge in [0.15, 0.2) is 6.29 Å². The molecule has 0 saturated carbocycles. The van der Waals surface area contributed by atoms with Gasteiger partial charge in [0, 0.05) is 0 Å². The minimum absolute atomic E-state index is 0.169. The zero-order valence-corrected chi connectivity index (χ0v) is 10.6. The van der Waals surface area contributed by atoms with Gasteiger partial charge in [0.1, 0.15) is 32.0 Å². The van der Waals surface area contributed by atoms with Crippen molar-refractivity contribution in [3.05, 3.63) is 12.2 Å². The summed E-state index contributed by atoms with van der Waals surface area (Å²) in [5.41, 5.74) is 0. The predicted molar refractivity (Wildman–Crippen MR) is 70.8 cm³/mol. The van der Waals surface area contributed by atoms with Crippen molar-refractivity contribution >= 4 is 0 Å². The van der Waals surface area contributed by atoms with Gasteiger partial charge in [-0.05, 0) is 6.08 Å². The third kappa shape index (κ3) is 5.62. The van der Waals surface area contributed by atoms with Gasteiger partial charge in [-0.1, -0.05) is 23.8 Å². The van der Waals surface area contributed by atoms with Gasteiger partial charge in [-0.3, -0.25) is 0 Å². The fraction of sp³-hybridized carbons (Fsp3) is 0.467. The lowest BCUT2D eigenvalue weighted by atomic mass is 10.1. The summed E-state index contributed by atoms with van der Waals surface area (Å²) in [6, 6.07) is 0. The minimum atomic E-state index is -0.513. The quantitative estimate of drug-likeness (QED) is 0.381. The first-order chi connectivity index (χ1) is 9.31. The van der Waals surface area contributed by atoms with Crippen LogP contribution in [-0.2, 0) is 18.9 Å². The van der Waals surface area contributed by atoms with Crippen LogP contribution in [0.1, 0.15) is 0 Å². The molecule has 0 aromatic carbocycles. The van der Waals surface area contributed by atoms with Gasteiger partial charge >= 0.3 is 0 Å². The first-order valence-electron chi connectivity index (χ1n) is 5.77. The summed E-state index contributed by atoms with van der Waals surface area (Å²) in [7, 11) is 0. The summed E-state index contributed by atoms with van der Waals surface area (Å²) >= 11 is 0. The zero-order chi connectivity index (χ0) is 13.9. The van der Waals surface area contributed by atoms with E-state index in [4.69, 9.17) is 38.2 Å². The molecule has 0 aromatic rings. The van der Waals surface area contributed by atoms with Crippen molar-refractivity contribution in [2.45, 2.75) is 18.5 Å². The normalized spacial score (nSPS) is 25.2. The Morgan fingerprint density at radius 2 is 1.63 bits per heavy atom. The van der Waals surface area contributed by atoms with E-state index >= 15 is 0 Å². The SMILES string of the molecule is C#CCOC[C@H]1O[C@H](OCC#C)C=C[C@@H]1OCC#C. The summed E-state index contributed by atoms with van der Waals surface area (Å²) in [6.07, 6.45) is 17.8. The maximum atomic E-state index is 5.65. The van der Waals surface area contributed by atoms with Crippen molar-refractivity contribution in [2.24, 2.45) is 0 Å². The van der Waals surface area contributed by atoms with Gasteiger partial charge in [0.05, 0.1) is 6.61 Å². The van der Waals surface area contributed by atoms with Crippen LogP contribution in [0.2, 0.25) is 0 Å². The van der Waals surface area contributed by atoms with Crippen molar-refractivity contribution < 1.29 is 18.9 Å². The lowest BCUT2D eigenvalue weighted by Gasteiger charge is -2.31. The molecule has 1 rings (SSSR count). The Labute approximate surface area is 114 Å². The topological polar surface area (TPSA) is 36.9 Å². The van der Waals surface area contributed by atoms with Crippen molar-refractivity contribution in [1.82, 2.24) is 0 Å². The molecule has 0 fully saturated rings. The number of ether oxygens (including phenoxy) is 4. The van der Waals surface area contributed by atoms with Crippen LogP contribution in [0.4, 0.5) is 0 Å². The molecule has 0 saturated heterocycles. The summed E-state index contributed by atoms with van der Waals surface area (Å²) in [5, 5.41) is 0. The third-order valence-electron chi connectivity index (χ3n) is 2.29. The fourth-order valence-corrected chi connectivity index (χ4v) is 1.52. The largest absolute Gasteiger partial charge is 0.366 e. The summed E-state index contributed by atoms with van der Waals surface area (Å²) < 4.78 is 21.7. The van der Waals surface area contributed by atoms with Crippen LogP contribution >= 0.6 is 0 Å². The highest BCUT2D eigenvalue weighted by Gasteiger charge is 2.28. The highest BCUT2D eigenvalue weighted by atomic mass is 16.7. The Kier molecular flexibility index (Phi) is 7.44. The second-order valence-corrected chi connectivity index (χ2v) is 3.64. The standard InChI is InChI=1S/C15H16O4/c1-4-9-16-12-14-13(17-10-5-2)7-8-15(19-14)18-11-6-3/h1-3,7-8,13-15H,9-12H2/t13-,14+,15-/m0/s1. The van der Waals surface area contributed by atoms with Crippen LogP contribution < -0.4 is 0 Å². The van der Waals surface area contributed by atoms with E-state index in [1.54, 1.807) is 6.08 Å². The Hall–Kier alpha value is -1.74. The Morgan fingerprint density at radius 3 is 2.32 bits per heavy atom. The van der Waals surface area contributed by atoms with E-state index in [1.165, 1.54) is 0 Å². The molecule has 0 spiro atoms. The molecule has 4 nitrogen and oxygen atoms in total. The molecule has 0 unspecified atom stereocenters. The van der Waals surface area contributed by atoms with Crippen LogP contribution in [-0.4, -0.2) is 44.9 Å². The van der Waals surface area contributed by atoms with Gasteiger partial charge in [-0.2, -0.15) is 0 Å². The summed E-state index contributed by atoms with van der Waals surface area (Å²) in [4.78, 5) is 0.